The molecule has 0 aliphatic heterocycles. The van der Waals surface area contributed by atoms with E-state index in [1.165, 1.54) is 14.2 Å². The number of nitrogens with zero attached hydrogens (tertiary/aromatic N) is 1. The second-order valence-corrected chi connectivity index (χ2v) is 6.67. The molecule has 2 amide bonds. The predicted octanol–water partition coefficient (Wildman–Crippen LogP) is 2.79. The van der Waals surface area contributed by atoms with Gasteiger partial charge in [-0.15, -0.1) is 0 Å². The SMILES string of the molecule is COc1cc(NC(=O)C2(C(=O)NCc3ccncc3)CC2)c(OC)cc1Cl. The standard InChI is InChI=1S/C19H20ClN3O4/c1-26-15-10-14(16(27-2)9-13(15)20)23-18(25)19(5-6-19)17(24)22-11-12-3-7-21-8-4-12/h3-4,7-10H,5-6,11H2,1-2H3,(H,22,24)(H,23,25). The molecular formula is C19H20ClN3O4. The van der Waals surface area contributed by atoms with E-state index in [4.69, 9.17) is 21.1 Å². The minimum Gasteiger partial charge on any atom is -0.495 e. The van der Waals surface area contributed by atoms with E-state index in [0.717, 1.165) is 5.56 Å². The van der Waals surface area contributed by atoms with Crippen molar-refractivity contribution in [2.45, 2.75) is 19.4 Å². The molecule has 0 bridgehead atoms. The van der Waals surface area contributed by atoms with E-state index < -0.39 is 5.41 Å². The largest absolute Gasteiger partial charge is 0.495 e. The molecule has 1 saturated carbocycles. The number of hydrogen-bond donors (Lipinski definition) is 2. The van der Waals surface area contributed by atoms with Gasteiger partial charge in [-0.2, -0.15) is 0 Å². The van der Waals surface area contributed by atoms with Gasteiger partial charge in [0.2, 0.25) is 11.8 Å². The van der Waals surface area contributed by atoms with Crippen LogP contribution in [0, 0.1) is 5.41 Å². The number of aromatic nitrogens is 1. The maximum atomic E-state index is 12.8. The number of carbonyl (C=O) groups excluding carboxylic acids is 2. The molecular weight excluding hydrogens is 370 g/mol. The first kappa shape index (κ1) is 19.0. The summed E-state index contributed by atoms with van der Waals surface area (Å²) in [7, 11) is 2.95. The van der Waals surface area contributed by atoms with Crippen LogP contribution in [-0.4, -0.2) is 31.0 Å². The summed E-state index contributed by atoms with van der Waals surface area (Å²) >= 11 is 6.08. The van der Waals surface area contributed by atoms with E-state index in [1.807, 2.05) is 12.1 Å². The molecule has 1 heterocycles. The van der Waals surface area contributed by atoms with Gasteiger partial charge in [0, 0.05) is 31.1 Å². The molecule has 7 nitrogen and oxygen atoms in total. The topological polar surface area (TPSA) is 89.5 Å². The van der Waals surface area contributed by atoms with E-state index in [9.17, 15) is 9.59 Å². The van der Waals surface area contributed by atoms with Crippen molar-refractivity contribution in [3.63, 3.8) is 0 Å². The van der Waals surface area contributed by atoms with Crippen LogP contribution in [0.25, 0.3) is 0 Å². The minimum atomic E-state index is -1.06. The molecule has 1 fully saturated rings. The van der Waals surface area contributed by atoms with E-state index in [1.54, 1.807) is 24.5 Å². The first-order chi connectivity index (χ1) is 13.0. The summed E-state index contributed by atoms with van der Waals surface area (Å²) in [6.45, 7) is 0.342. The molecule has 2 N–H and O–H groups in total. The number of nitrogens with one attached hydrogen (secondary N) is 2. The smallest absolute Gasteiger partial charge is 0.240 e. The van der Waals surface area contributed by atoms with Crippen molar-refractivity contribution in [1.82, 2.24) is 10.3 Å². The van der Waals surface area contributed by atoms with Gasteiger partial charge in [-0.1, -0.05) is 11.6 Å². The van der Waals surface area contributed by atoms with Gasteiger partial charge in [0.25, 0.3) is 0 Å². The monoisotopic (exact) mass is 389 g/mol. The Morgan fingerprint density at radius 2 is 1.78 bits per heavy atom. The molecule has 2 aromatic rings. The van der Waals surface area contributed by atoms with Crippen LogP contribution in [0.1, 0.15) is 18.4 Å². The number of anilines is 1. The van der Waals surface area contributed by atoms with Gasteiger partial charge in [0.1, 0.15) is 16.9 Å². The van der Waals surface area contributed by atoms with Gasteiger partial charge in [0.15, 0.2) is 0 Å². The highest BCUT2D eigenvalue weighted by atomic mass is 35.5. The number of methoxy groups -OCH3 is 2. The van der Waals surface area contributed by atoms with Gasteiger partial charge in [-0.05, 0) is 30.5 Å². The van der Waals surface area contributed by atoms with Crippen LogP contribution in [0.2, 0.25) is 5.02 Å². The van der Waals surface area contributed by atoms with Crippen LogP contribution in [0.5, 0.6) is 11.5 Å². The highest BCUT2D eigenvalue weighted by molar-refractivity contribution is 6.32. The fourth-order valence-electron chi connectivity index (χ4n) is 2.73. The van der Waals surface area contributed by atoms with Crippen LogP contribution in [0.4, 0.5) is 5.69 Å². The predicted molar refractivity (Wildman–Crippen MR) is 101 cm³/mol. The van der Waals surface area contributed by atoms with Crippen LogP contribution >= 0.6 is 11.6 Å². The summed E-state index contributed by atoms with van der Waals surface area (Å²) in [5, 5.41) is 5.96. The zero-order valence-corrected chi connectivity index (χ0v) is 15.8. The molecule has 3 rings (SSSR count). The third-order valence-electron chi connectivity index (χ3n) is 4.54. The molecule has 0 radical (unpaired) electrons. The van der Waals surface area contributed by atoms with Crippen molar-refractivity contribution in [3.8, 4) is 11.5 Å². The second-order valence-electron chi connectivity index (χ2n) is 6.26. The first-order valence-corrected chi connectivity index (χ1v) is 8.78. The quantitative estimate of drug-likeness (QED) is 0.711. The zero-order chi connectivity index (χ0) is 19.4. The Labute approximate surface area is 162 Å². The van der Waals surface area contributed by atoms with Crippen molar-refractivity contribution in [2.75, 3.05) is 19.5 Å². The Morgan fingerprint density at radius 3 is 2.37 bits per heavy atom. The Morgan fingerprint density at radius 1 is 1.11 bits per heavy atom. The zero-order valence-electron chi connectivity index (χ0n) is 15.0. The van der Waals surface area contributed by atoms with Crippen LogP contribution in [0.15, 0.2) is 36.7 Å². The fourth-order valence-corrected chi connectivity index (χ4v) is 2.97. The number of amides is 2. The normalized spacial score (nSPS) is 14.2. The fraction of sp³-hybridized carbons (Fsp3) is 0.316. The summed E-state index contributed by atoms with van der Waals surface area (Å²) in [6, 6.07) is 6.75. The maximum absolute atomic E-state index is 12.8. The minimum absolute atomic E-state index is 0.295. The first-order valence-electron chi connectivity index (χ1n) is 8.40. The molecule has 1 aliphatic rings. The number of carbonyl (C=O) groups is 2. The van der Waals surface area contributed by atoms with Gasteiger partial charge >= 0.3 is 0 Å². The molecule has 1 aliphatic carbocycles. The number of benzene rings is 1. The van der Waals surface area contributed by atoms with Gasteiger partial charge < -0.3 is 20.1 Å². The molecule has 27 heavy (non-hydrogen) atoms. The van der Waals surface area contributed by atoms with Crippen molar-refractivity contribution in [1.29, 1.82) is 0 Å². The molecule has 1 aromatic heterocycles. The third-order valence-corrected chi connectivity index (χ3v) is 4.84. The van der Waals surface area contributed by atoms with Crippen molar-refractivity contribution >= 4 is 29.1 Å². The number of pyridine rings is 1. The molecule has 142 valence electrons. The summed E-state index contributed by atoms with van der Waals surface area (Å²) < 4.78 is 10.4. The van der Waals surface area contributed by atoms with Gasteiger partial charge in [0.05, 0.1) is 24.9 Å². The van der Waals surface area contributed by atoms with Crippen molar-refractivity contribution in [3.05, 3.63) is 47.2 Å². The number of ether oxygens (including phenoxy) is 2. The van der Waals surface area contributed by atoms with E-state index >= 15 is 0 Å². The van der Waals surface area contributed by atoms with Crippen LogP contribution in [0.3, 0.4) is 0 Å². The lowest BCUT2D eigenvalue weighted by Crippen LogP contribution is -2.39. The Balaban J connectivity index is 1.71. The second kappa shape index (κ2) is 7.84. The maximum Gasteiger partial charge on any atom is 0.240 e. The van der Waals surface area contributed by atoms with Gasteiger partial charge in [-0.3, -0.25) is 14.6 Å². The number of rotatable bonds is 7. The van der Waals surface area contributed by atoms with Crippen molar-refractivity contribution < 1.29 is 19.1 Å². The van der Waals surface area contributed by atoms with E-state index in [0.29, 0.717) is 41.6 Å². The molecule has 1 aromatic carbocycles. The average Bonchev–Trinajstić information content (AvgIpc) is 3.50. The Kier molecular flexibility index (Phi) is 5.51. The summed E-state index contributed by atoms with van der Waals surface area (Å²) in [5.74, 6) is 0.121. The third kappa shape index (κ3) is 3.98. The summed E-state index contributed by atoms with van der Waals surface area (Å²) in [6.07, 6.45) is 4.30. The number of hydrogen-bond acceptors (Lipinski definition) is 5. The Bertz CT molecular complexity index is 854. The molecule has 0 unspecified atom stereocenters. The van der Waals surface area contributed by atoms with E-state index in [-0.39, 0.29) is 11.8 Å². The Hall–Kier alpha value is -2.80. The summed E-state index contributed by atoms with van der Waals surface area (Å²) in [5.41, 5.74) is 0.251. The van der Waals surface area contributed by atoms with Crippen LogP contribution in [-0.2, 0) is 16.1 Å². The average molecular weight is 390 g/mol. The summed E-state index contributed by atoms with van der Waals surface area (Å²) in [4.78, 5) is 29.3. The highest BCUT2D eigenvalue weighted by Gasteiger charge is 2.56. The lowest BCUT2D eigenvalue weighted by molar-refractivity contribution is -0.134. The van der Waals surface area contributed by atoms with Crippen molar-refractivity contribution in [2.24, 2.45) is 5.41 Å². The lowest BCUT2D eigenvalue weighted by atomic mass is 10.0. The lowest BCUT2D eigenvalue weighted by Gasteiger charge is -2.18. The highest BCUT2D eigenvalue weighted by Crippen LogP contribution is 2.47. The molecule has 0 saturated heterocycles. The van der Waals surface area contributed by atoms with Gasteiger partial charge in [-0.25, -0.2) is 0 Å². The van der Waals surface area contributed by atoms with E-state index in [2.05, 4.69) is 15.6 Å². The molecule has 0 spiro atoms. The van der Waals surface area contributed by atoms with Crippen LogP contribution < -0.4 is 20.1 Å². The number of halogens is 1. The molecule has 0 atom stereocenters. The molecule has 8 heteroatoms.